The van der Waals surface area contributed by atoms with Gasteiger partial charge in [0.25, 0.3) is 0 Å². The lowest BCUT2D eigenvalue weighted by atomic mass is 9.97. The van der Waals surface area contributed by atoms with Gasteiger partial charge in [0.1, 0.15) is 0 Å². The molecule has 1 saturated heterocycles. The van der Waals surface area contributed by atoms with E-state index in [1.807, 2.05) is 18.7 Å². The summed E-state index contributed by atoms with van der Waals surface area (Å²) in [6, 6.07) is 4.97. The number of thiazole rings is 1. The van der Waals surface area contributed by atoms with Gasteiger partial charge >= 0.3 is 0 Å². The molecule has 28 heavy (non-hydrogen) atoms. The average molecular weight is 441 g/mol. The van der Waals surface area contributed by atoms with Gasteiger partial charge in [0.2, 0.25) is 11.8 Å². The summed E-state index contributed by atoms with van der Waals surface area (Å²) in [5.74, 6) is -0.409. The minimum atomic E-state index is -0.197. The second-order valence-electron chi connectivity index (χ2n) is 6.90. The van der Waals surface area contributed by atoms with E-state index >= 15 is 0 Å². The molecule has 1 aliphatic rings. The molecule has 1 aliphatic heterocycles. The van der Waals surface area contributed by atoms with Gasteiger partial charge in [-0.25, -0.2) is 4.98 Å². The van der Waals surface area contributed by atoms with Crippen LogP contribution in [0.15, 0.2) is 18.2 Å². The van der Waals surface area contributed by atoms with Gasteiger partial charge in [-0.3, -0.25) is 14.5 Å². The van der Waals surface area contributed by atoms with E-state index in [2.05, 4.69) is 15.6 Å². The van der Waals surface area contributed by atoms with Crippen molar-refractivity contribution in [3.8, 4) is 0 Å². The van der Waals surface area contributed by atoms with Crippen LogP contribution in [-0.2, 0) is 9.59 Å². The number of rotatable bonds is 5. The molecular weight excluding hydrogens is 419 g/mol. The maximum atomic E-state index is 12.6. The average Bonchev–Trinajstić information content (AvgIpc) is 2.94. The van der Waals surface area contributed by atoms with E-state index in [9.17, 15) is 9.59 Å². The molecule has 0 spiro atoms. The van der Waals surface area contributed by atoms with Gasteiger partial charge in [0.15, 0.2) is 5.13 Å². The molecule has 3 rings (SSSR count). The normalized spacial score (nSPS) is 17.4. The van der Waals surface area contributed by atoms with Crippen molar-refractivity contribution >= 4 is 57.2 Å². The summed E-state index contributed by atoms with van der Waals surface area (Å²) >= 11 is 13.5. The number of halogens is 2. The van der Waals surface area contributed by atoms with Crippen LogP contribution in [0.2, 0.25) is 10.0 Å². The van der Waals surface area contributed by atoms with E-state index in [-0.39, 0.29) is 24.3 Å². The fraction of sp³-hybridized carbons (Fsp3) is 0.421. The monoisotopic (exact) mass is 440 g/mol. The Morgan fingerprint density at radius 1 is 1.29 bits per heavy atom. The third kappa shape index (κ3) is 5.44. The smallest absolute Gasteiger partial charge is 0.240 e. The van der Waals surface area contributed by atoms with Crippen LogP contribution >= 0.6 is 34.5 Å². The lowest BCUT2D eigenvalue weighted by Crippen LogP contribution is -2.44. The number of piperidine rings is 1. The van der Waals surface area contributed by atoms with Crippen molar-refractivity contribution < 1.29 is 9.59 Å². The highest BCUT2D eigenvalue weighted by molar-refractivity contribution is 7.15. The summed E-state index contributed by atoms with van der Waals surface area (Å²) in [4.78, 5) is 32.4. The predicted octanol–water partition coefficient (Wildman–Crippen LogP) is 4.36. The number of carbonyl (C=O) groups excluding carboxylic acids is 2. The minimum absolute atomic E-state index is 0.0968. The predicted molar refractivity (Wildman–Crippen MR) is 114 cm³/mol. The van der Waals surface area contributed by atoms with Gasteiger partial charge in [-0.15, -0.1) is 11.3 Å². The number of aryl methyl sites for hydroxylation is 2. The Hall–Kier alpha value is -1.67. The Bertz CT molecular complexity index is 867. The van der Waals surface area contributed by atoms with Crippen LogP contribution in [-0.4, -0.2) is 41.3 Å². The van der Waals surface area contributed by atoms with Crippen molar-refractivity contribution in [1.29, 1.82) is 0 Å². The molecule has 6 nitrogen and oxygen atoms in total. The van der Waals surface area contributed by atoms with Crippen LogP contribution in [0.25, 0.3) is 0 Å². The van der Waals surface area contributed by atoms with E-state index in [1.54, 1.807) is 18.2 Å². The van der Waals surface area contributed by atoms with Crippen molar-refractivity contribution in [2.45, 2.75) is 26.7 Å². The Morgan fingerprint density at radius 2 is 2.07 bits per heavy atom. The zero-order valence-electron chi connectivity index (χ0n) is 15.7. The van der Waals surface area contributed by atoms with Gasteiger partial charge < -0.3 is 10.6 Å². The lowest BCUT2D eigenvalue weighted by molar-refractivity contribution is -0.123. The Balaban J connectivity index is 1.54. The zero-order chi connectivity index (χ0) is 20.3. The van der Waals surface area contributed by atoms with E-state index in [0.29, 0.717) is 27.4 Å². The fourth-order valence-electron chi connectivity index (χ4n) is 3.13. The van der Waals surface area contributed by atoms with Crippen molar-refractivity contribution in [1.82, 2.24) is 9.88 Å². The molecule has 2 heterocycles. The maximum absolute atomic E-state index is 12.6. The number of anilines is 2. The molecule has 1 unspecified atom stereocenters. The summed E-state index contributed by atoms with van der Waals surface area (Å²) < 4.78 is 0. The molecule has 1 atom stereocenters. The summed E-state index contributed by atoms with van der Waals surface area (Å²) in [6.45, 7) is 5.45. The molecule has 1 aromatic carbocycles. The van der Waals surface area contributed by atoms with Crippen molar-refractivity contribution in [3.05, 3.63) is 38.8 Å². The summed E-state index contributed by atoms with van der Waals surface area (Å²) in [5.41, 5.74) is 1.47. The lowest BCUT2D eigenvalue weighted by Gasteiger charge is -2.31. The molecule has 2 N–H and O–H groups in total. The number of carbonyl (C=O) groups is 2. The first-order chi connectivity index (χ1) is 13.3. The van der Waals surface area contributed by atoms with E-state index < -0.39 is 0 Å². The molecule has 0 bridgehead atoms. The van der Waals surface area contributed by atoms with E-state index in [1.165, 1.54) is 11.3 Å². The third-order valence-corrected chi connectivity index (χ3v) is 6.24. The molecule has 2 aromatic rings. The van der Waals surface area contributed by atoms with E-state index in [4.69, 9.17) is 23.2 Å². The van der Waals surface area contributed by atoms with Crippen LogP contribution in [0, 0.1) is 19.8 Å². The molecule has 1 fully saturated rings. The minimum Gasteiger partial charge on any atom is -0.324 e. The van der Waals surface area contributed by atoms with Crippen molar-refractivity contribution in [3.63, 3.8) is 0 Å². The molecule has 0 saturated carbocycles. The highest BCUT2D eigenvalue weighted by Gasteiger charge is 2.27. The topological polar surface area (TPSA) is 74.3 Å². The first kappa shape index (κ1) is 21.0. The number of aromatic nitrogens is 1. The number of likely N-dealkylation sites (tertiary alicyclic amines) is 1. The first-order valence-corrected chi connectivity index (χ1v) is 10.6. The van der Waals surface area contributed by atoms with Gasteiger partial charge in [-0.1, -0.05) is 23.2 Å². The molecule has 9 heteroatoms. The molecular formula is C19H22Cl2N4O2S. The highest BCUT2D eigenvalue weighted by Crippen LogP contribution is 2.27. The summed E-state index contributed by atoms with van der Waals surface area (Å²) in [6.07, 6.45) is 1.63. The van der Waals surface area contributed by atoms with Crippen LogP contribution in [0.4, 0.5) is 10.8 Å². The van der Waals surface area contributed by atoms with Gasteiger partial charge in [-0.2, -0.15) is 0 Å². The fourth-order valence-corrected chi connectivity index (χ4v) is 4.41. The van der Waals surface area contributed by atoms with Crippen molar-refractivity contribution in [2.75, 3.05) is 30.3 Å². The van der Waals surface area contributed by atoms with Gasteiger partial charge in [0.05, 0.1) is 28.9 Å². The number of amides is 2. The quantitative estimate of drug-likeness (QED) is 0.724. The number of hydrogen-bond donors (Lipinski definition) is 2. The standard InChI is InChI=1S/C19H22Cl2N4O2S/c1-11-12(2)28-19(22-11)24-17(26)10-25-7-3-4-13(9-25)18(27)23-16-6-5-14(20)8-15(16)21/h5-6,8,13H,3-4,7,9-10H2,1-2H3,(H,23,27)(H,22,24,26). The SMILES string of the molecule is Cc1nc(NC(=O)CN2CCCC(C(=O)Nc3ccc(Cl)cc3Cl)C2)sc1C. The first-order valence-electron chi connectivity index (χ1n) is 9.04. The second kappa shape index (κ2) is 9.22. The summed E-state index contributed by atoms with van der Waals surface area (Å²) in [7, 11) is 0. The van der Waals surface area contributed by atoms with Crippen LogP contribution in [0.3, 0.4) is 0 Å². The largest absolute Gasteiger partial charge is 0.324 e. The molecule has 150 valence electrons. The molecule has 1 aromatic heterocycles. The van der Waals surface area contributed by atoms with Crippen molar-refractivity contribution in [2.24, 2.45) is 5.92 Å². The van der Waals surface area contributed by atoms with Gasteiger partial charge in [-0.05, 0) is 51.4 Å². The maximum Gasteiger partial charge on any atom is 0.240 e. The van der Waals surface area contributed by atoms with Gasteiger partial charge in [0, 0.05) is 16.4 Å². The zero-order valence-corrected chi connectivity index (χ0v) is 18.0. The Labute approximate surface area is 178 Å². The molecule has 0 radical (unpaired) electrons. The molecule has 2 amide bonds. The Kier molecular flexibility index (Phi) is 6.93. The van der Waals surface area contributed by atoms with E-state index in [0.717, 1.165) is 30.0 Å². The third-order valence-electron chi connectivity index (χ3n) is 4.71. The number of hydrogen-bond acceptors (Lipinski definition) is 5. The highest BCUT2D eigenvalue weighted by atomic mass is 35.5. The Morgan fingerprint density at radius 3 is 2.75 bits per heavy atom. The number of nitrogens with one attached hydrogen (secondary N) is 2. The second-order valence-corrected chi connectivity index (χ2v) is 8.94. The summed E-state index contributed by atoms with van der Waals surface area (Å²) in [5, 5.41) is 7.24. The van der Waals surface area contributed by atoms with Crippen LogP contribution < -0.4 is 10.6 Å². The number of benzene rings is 1. The molecule has 0 aliphatic carbocycles. The number of nitrogens with zero attached hydrogens (tertiary/aromatic N) is 2. The van der Waals surface area contributed by atoms with Crippen LogP contribution in [0.5, 0.6) is 0 Å². The van der Waals surface area contributed by atoms with Crippen LogP contribution in [0.1, 0.15) is 23.4 Å².